The van der Waals surface area contributed by atoms with Crippen molar-refractivity contribution in [1.82, 2.24) is 0 Å². The molecule has 10 nitrogen and oxygen atoms in total. The molecule has 3 atom stereocenters. The lowest BCUT2D eigenvalue weighted by atomic mass is 10.1. The number of phosphoric ester groups is 1. The Balaban J connectivity index is 4.30. The van der Waals surface area contributed by atoms with Gasteiger partial charge in [-0.05, 0) is 83.5 Å². The Morgan fingerprint density at radius 1 is 0.508 bits per heavy atom. The van der Waals surface area contributed by atoms with Crippen LogP contribution in [0.3, 0.4) is 0 Å². The first-order valence-electron chi connectivity index (χ1n) is 23.9. The minimum Gasteiger partial charge on any atom is -0.462 e. The largest absolute Gasteiger partial charge is 0.472 e. The lowest BCUT2D eigenvalue weighted by molar-refractivity contribution is -0.161. The summed E-state index contributed by atoms with van der Waals surface area (Å²) in [5.74, 6) is -0.967. The minimum atomic E-state index is -4.63. The Hall–Kier alpha value is -2.59. The summed E-state index contributed by atoms with van der Waals surface area (Å²) in [7, 11) is -4.63. The van der Waals surface area contributed by atoms with E-state index in [2.05, 4.69) is 86.8 Å². The first-order chi connectivity index (χ1) is 29.7. The van der Waals surface area contributed by atoms with Gasteiger partial charge in [0, 0.05) is 12.8 Å². The molecule has 0 aliphatic carbocycles. The molecule has 0 aromatic carbocycles. The van der Waals surface area contributed by atoms with Crippen molar-refractivity contribution in [3.63, 3.8) is 0 Å². The van der Waals surface area contributed by atoms with E-state index in [9.17, 15) is 24.2 Å². The zero-order valence-corrected chi connectivity index (χ0v) is 39.3. The van der Waals surface area contributed by atoms with Gasteiger partial charge in [-0.1, -0.05) is 170 Å². The fourth-order valence-corrected chi connectivity index (χ4v) is 6.98. The molecule has 0 aliphatic heterocycles. The fourth-order valence-electron chi connectivity index (χ4n) is 6.19. The average molecular weight is 879 g/mol. The molecular weight excluding hydrogens is 792 g/mol. The van der Waals surface area contributed by atoms with E-state index < -0.39 is 51.8 Å². The van der Waals surface area contributed by atoms with Crippen LogP contribution in [0.25, 0.3) is 0 Å². The van der Waals surface area contributed by atoms with E-state index in [1.165, 1.54) is 83.5 Å². The van der Waals surface area contributed by atoms with Crippen LogP contribution in [0.5, 0.6) is 0 Å². The van der Waals surface area contributed by atoms with E-state index in [1.54, 1.807) is 0 Å². The molecule has 0 fully saturated rings. The molecule has 0 bridgehead atoms. The van der Waals surface area contributed by atoms with Crippen molar-refractivity contribution in [2.75, 3.05) is 26.4 Å². The third kappa shape index (κ3) is 45.3. The number of esters is 2. The molecule has 1 unspecified atom stereocenters. The molecule has 3 N–H and O–H groups in total. The van der Waals surface area contributed by atoms with Gasteiger partial charge in [0.25, 0.3) is 0 Å². The van der Waals surface area contributed by atoms with Gasteiger partial charge in [0.15, 0.2) is 6.10 Å². The highest BCUT2D eigenvalue weighted by molar-refractivity contribution is 7.47. The van der Waals surface area contributed by atoms with Gasteiger partial charge in [0.2, 0.25) is 0 Å². The van der Waals surface area contributed by atoms with Crippen LogP contribution in [0, 0.1) is 0 Å². The van der Waals surface area contributed by atoms with Gasteiger partial charge < -0.3 is 24.6 Å². The Kier molecular flexibility index (Phi) is 43.5. The molecule has 0 aromatic heterocycles. The number of hydrogen-bond donors (Lipinski definition) is 3. The molecule has 0 radical (unpaired) electrons. The molecule has 61 heavy (non-hydrogen) atoms. The van der Waals surface area contributed by atoms with Crippen LogP contribution >= 0.6 is 7.82 Å². The van der Waals surface area contributed by atoms with Crippen molar-refractivity contribution in [1.29, 1.82) is 0 Å². The lowest BCUT2D eigenvalue weighted by Crippen LogP contribution is -2.29. The summed E-state index contributed by atoms with van der Waals surface area (Å²) >= 11 is 0. The second-order valence-electron chi connectivity index (χ2n) is 15.7. The highest BCUT2D eigenvalue weighted by atomic mass is 31.2. The second kappa shape index (κ2) is 45.4. The lowest BCUT2D eigenvalue weighted by Gasteiger charge is -2.20. The fraction of sp³-hybridized carbons (Fsp3) is 0.720. The summed E-state index contributed by atoms with van der Waals surface area (Å²) in [6, 6.07) is 0. The number of aliphatic hydroxyl groups is 2. The predicted octanol–water partition coefficient (Wildman–Crippen LogP) is 13.2. The van der Waals surface area contributed by atoms with Crippen LogP contribution in [-0.2, 0) is 32.7 Å². The molecule has 352 valence electrons. The van der Waals surface area contributed by atoms with E-state index in [-0.39, 0.29) is 19.4 Å². The van der Waals surface area contributed by atoms with Crippen molar-refractivity contribution in [2.45, 2.75) is 206 Å². The number of unbranched alkanes of at least 4 members (excludes halogenated alkanes) is 18. The van der Waals surface area contributed by atoms with Crippen molar-refractivity contribution in [3.8, 4) is 0 Å². The molecule has 0 aliphatic rings. The van der Waals surface area contributed by atoms with E-state index in [0.717, 1.165) is 70.6 Å². The van der Waals surface area contributed by atoms with Gasteiger partial charge >= 0.3 is 19.8 Å². The van der Waals surface area contributed by atoms with Crippen LogP contribution in [0.4, 0.5) is 0 Å². The maximum atomic E-state index is 12.6. The van der Waals surface area contributed by atoms with Gasteiger partial charge in [-0.15, -0.1) is 0 Å². The monoisotopic (exact) mass is 879 g/mol. The number of allylic oxidation sites excluding steroid dienone is 12. The number of phosphoric acid groups is 1. The highest BCUT2D eigenvalue weighted by Crippen LogP contribution is 2.43. The van der Waals surface area contributed by atoms with E-state index in [4.69, 9.17) is 23.6 Å². The summed E-state index contributed by atoms with van der Waals surface area (Å²) < 4.78 is 32.8. The van der Waals surface area contributed by atoms with Crippen molar-refractivity contribution < 1.29 is 47.8 Å². The van der Waals surface area contributed by atoms with Gasteiger partial charge in [0.05, 0.1) is 19.8 Å². The minimum absolute atomic E-state index is 0.142. The topological polar surface area (TPSA) is 149 Å². The Morgan fingerprint density at radius 3 is 1.39 bits per heavy atom. The van der Waals surface area contributed by atoms with Gasteiger partial charge in [-0.25, -0.2) is 4.57 Å². The van der Waals surface area contributed by atoms with E-state index in [1.807, 2.05) is 0 Å². The second-order valence-corrected chi connectivity index (χ2v) is 17.2. The molecular formula is C50H87O10P. The molecule has 0 spiro atoms. The maximum Gasteiger partial charge on any atom is 0.472 e. The molecule has 0 rings (SSSR count). The smallest absolute Gasteiger partial charge is 0.462 e. The third-order valence-corrected chi connectivity index (χ3v) is 10.8. The molecule has 0 saturated carbocycles. The Labute approximate surface area is 371 Å². The number of aliphatic hydroxyl groups excluding tert-OH is 2. The average Bonchev–Trinajstić information content (AvgIpc) is 3.25. The number of ether oxygens (including phenoxy) is 2. The van der Waals surface area contributed by atoms with Crippen LogP contribution in [0.2, 0.25) is 0 Å². The van der Waals surface area contributed by atoms with Crippen LogP contribution < -0.4 is 0 Å². The van der Waals surface area contributed by atoms with Crippen molar-refractivity contribution in [2.24, 2.45) is 0 Å². The standard InChI is InChI=1S/C50H87O10P/c1-3-5-7-9-11-13-15-17-19-21-23-25-27-29-31-33-35-37-39-41-49(53)57-45-48(46-59-61(55,56)58-44-47(52)43-51)60-50(54)42-40-38-36-34-32-30-28-26-24-22-20-18-16-14-12-10-8-6-4-2/h6,8,12,14,17-20,24,26,30,32,47-48,51-52H,3-5,7,9-11,13,15-16,21-23,25,27-29,31,33-46H2,1-2H3,(H,55,56)/b8-6+,14-12+,19-17+,20-18+,26-24+,32-30+/t47-,48+/m0/s1. The number of carbonyl (C=O) groups is 2. The van der Waals surface area contributed by atoms with Gasteiger partial charge in [0.1, 0.15) is 12.7 Å². The number of hydrogen-bond acceptors (Lipinski definition) is 9. The molecule has 11 heteroatoms. The Morgan fingerprint density at radius 2 is 0.902 bits per heavy atom. The zero-order chi connectivity index (χ0) is 44.8. The number of carbonyl (C=O) groups excluding carboxylic acids is 2. The normalized spacial score (nSPS) is 14.4. The summed E-state index contributed by atoms with van der Waals surface area (Å²) in [5, 5.41) is 18.4. The van der Waals surface area contributed by atoms with Crippen LogP contribution in [0.15, 0.2) is 72.9 Å². The molecule has 0 aromatic rings. The SMILES string of the molecule is CC/C=C/C/C=C/C/C=C/C/C=C/C/C=C/CCCCCC(=O)O[C@H](COC(=O)CCCCCCCCCCC/C=C/CCCCCCCC)COP(=O)(O)OC[C@@H](O)CO. The molecule has 0 amide bonds. The van der Waals surface area contributed by atoms with Crippen molar-refractivity contribution >= 4 is 19.8 Å². The van der Waals surface area contributed by atoms with E-state index >= 15 is 0 Å². The first kappa shape index (κ1) is 58.4. The van der Waals surface area contributed by atoms with Gasteiger partial charge in [-0.2, -0.15) is 0 Å². The summed E-state index contributed by atoms with van der Waals surface area (Å²) in [6.45, 7) is 2.23. The summed E-state index contributed by atoms with van der Waals surface area (Å²) in [6.07, 6.45) is 52.9. The quantitative estimate of drug-likeness (QED) is 0.0234. The summed E-state index contributed by atoms with van der Waals surface area (Å²) in [4.78, 5) is 35.1. The van der Waals surface area contributed by atoms with Crippen molar-refractivity contribution in [3.05, 3.63) is 72.9 Å². The molecule has 0 saturated heterocycles. The van der Waals surface area contributed by atoms with Crippen LogP contribution in [0.1, 0.15) is 194 Å². The predicted molar refractivity (Wildman–Crippen MR) is 251 cm³/mol. The Bertz CT molecular complexity index is 1240. The van der Waals surface area contributed by atoms with Gasteiger partial charge in [-0.3, -0.25) is 18.6 Å². The maximum absolute atomic E-state index is 12.6. The summed E-state index contributed by atoms with van der Waals surface area (Å²) in [5.41, 5.74) is 0. The van der Waals surface area contributed by atoms with Crippen LogP contribution in [-0.4, -0.2) is 65.7 Å². The van der Waals surface area contributed by atoms with E-state index in [0.29, 0.717) is 12.8 Å². The first-order valence-corrected chi connectivity index (χ1v) is 25.4. The third-order valence-electron chi connectivity index (χ3n) is 9.84. The zero-order valence-electron chi connectivity index (χ0n) is 38.4. The number of rotatable bonds is 44. The molecule has 0 heterocycles. The highest BCUT2D eigenvalue weighted by Gasteiger charge is 2.27.